The van der Waals surface area contributed by atoms with Crippen molar-refractivity contribution >= 4 is 38.6 Å². The van der Waals surface area contributed by atoms with Crippen LogP contribution in [0.5, 0.6) is 5.75 Å². The van der Waals surface area contributed by atoms with Crippen molar-refractivity contribution in [1.82, 2.24) is 4.98 Å². The zero-order valence-electron chi connectivity index (χ0n) is 13.6. The summed E-state index contributed by atoms with van der Waals surface area (Å²) in [7, 11) is 0. The van der Waals surface area contributed by atoms with Gasteiger partial charge in [-0.2, -0.15) is 0 Å². The van der Waals surface area contributed by atoms with Gasteiger partial charge in [-0.25, -0.2) is 4.98 Å². The number of amides is 1. The van der Waals surface area contributed by atoms with E-state index in [0.717, 1.165) is 5.56 Å². The minimum absolute atomic E-state index is 0.0620. The van der Waals surface area contributed by atoms with Gasteiger partial charge in [0.25, 0.3) is 0 Å². The molecule has 1 heterocycles. The van der Waals surface area contributed by atoms with Crippen molar-refractivity contribution < 1.29 is 14.3 Å². The third-order valence-corrected chi connectivity index (χ3v) is 4.16. The summed E-state index contributed by atoms with van der Waals surface area (Å²) in [5, 5.41) is 12.5. The Kier molecular flexibility index (Phi) is 4.09. The second kappa shape index (κ2) is 5.94. The molecule has 0 bridgehead atoms. The molecule has 0 saturated carbocycles. The van der Waals surface area contributed by atoms with Crippen molar-refractivity contribution in [2.45, 2.75) is 20.8 Å². The smallest absolute Gasteiger partial charge is 0.229 e. The van der Waals surface area contributed by atoms with E-state index in [0.29, 0.717) is 27.2 Å². The highest BCUT2D eigenvalue weighted by Gasteiger charge is 2.21. The van der Waals surface area contributed by atoms with Crippen LogP contribution in [0.4, 0.5) is 5.69 Å². The van der Waals surface area contributed by atoms with Crippen LogP contribution in [0.2, 0.25) is 0 Å². The Hall–Kier alpha value is -2.34. The number of nitrogens with one attached hydrogen (secondary N) is 1. The summed E-state index contributed by atoms with van der Waals surface area (Å²) in [5.74, 6) is 0.542. The van der Waals surface area contributed by atoms with Gasteiger partial charge in [0.05, 0.1) is 4.47 Å². The van der Waals surface area contributed by atoms with E-state index >= 15 is 0 Å². The summed E-state index contributed by atoms with van der Waals surface area (Å²) in [6.45, 7) is 5.58. The summed E-state index contributed by atoms with van der Waals surface area (Å²) >= 11 is 3.28. The number of carbonyl (C=O) groups excluding carboxylic acids is 1. The Bertz CT molecular complexity index is 926. The molecule has 0 aliphatic rings. The lowest BCUT2D eigenvalue weighted by Crippen LogP contribution is -2.27. The molecule has 0 saturated heterocycles. The van der Waals surface area contributed by atoms with Crippen LogP contribution >= 0.6 is 15.9 Å². The van der Waals surface area contributed by atoms with E-state index in [4.69, 9.17) is 4.42 Å². The molecular formula is C18H17BrN2O3. The van der Waals surface area contributed by atoms with Gasteiger partial charge >= 0.3 is 0 Å². The third kappa shape index (κ3) is 3.28. The first-order valence-corrected chi connectivity index (χ1v) is 8.24. The van der Waals surface area contributed by atoms with E-state index in [1.165, 1.54) is 0 Å². The molecule has 0 aliphatic carbocycles. The molecule has 0 spiro atoms. The lowest BCUT2D eigenvalue weighted by atomic mass is 9.95. The average Bonchev–Trinajstić information content (AvgIpc) is 2.92. The first kappa shape index (κ1) is 16.5. The van der Waals surface area contributed by atoms with Gasteiger partial charge in [-0.1, -0.05) is 20.8 Å². The molecule has 6 heteroatoms. The summed E-state index contributed by atoms with van der Waals surface area (Å²) in [6, 6.07) is 10.4. The monoisotopic (exact) mass is 388 g/mol. The van der Waals surface area contributed by atoms with Crippen molar-refractivity contribution in [3.05, 3.63) is 40.9 Å². The quantitative estimate of drug-likeness (QED) is 0.651. The number of phenols is 1. The number of rotatable bonds is 2. The zero-order chi connectivity index (χ0) is 17.5. The number of hydrogen-bond donors (Lipinski definition) is 2. The van der Waals surface area contributed by atoms with Crippen LogP contribution in [0, 0.1) is 5.41 Å². The maximum absolute atomic E-state index is 12.1. The summed E-state index contributed by atoms with van der Waals surface area (Å²) in [5.41, 5.74) is 2.23. The van der Waals surface area contributed by atoms with Gasteiger partial charge in [0.2, 0.25) is 11.8 Å². The van der Waals surface area contributed by atoms with Crippen LogP contribution < -0.4 is 5.32 Å². The molecule has 0 aliphatic heterocycles. The second-order valence-corrected chi connectivity index (χ2v) is 7.43. The number of oxazole rings is 1. The van der Waals surface area contributed by atoms with Gasteiger partial charge in [0, 0.05) is 16.7 Å². The molecule has 2 N–H and O–H groups in total. The summed E-state index contributed by atoms with van der Waals surface area (Å²) in [4.78, 5) is 16.5. The summed E-state index contributed by atoms with van der Waals surface area (Å²) < 4.78 is 6.32. The normalized spacial score (nSPS) is 11.7. The fraction of sp³-hybridized carbons (Fsp3) is 0.222. The molecule has 0 unspecified atom stereocenters. The van der Waals surface area contributed by atoms with Gasteiger partial charge in [-0.15, -0.1) is 0 Å². The highest BCUT2D eigenvalue weighted by molar-refractivity contribution is 9.10. The number of benzene rings is 2. The molecule has 0 fully saturated rings. The maximum atomic E-state index is 12.1. The van der Waals surface area contributed by atoms with Crippen molar-refractivity contribution in [3.8, 4) is 17.2 Å². The lowest BCUT2D eigenvalue weighted by molar-refractivity contribution is -0.123. The van der Waals surface area contributed by atoms with Gasteiger partial charge in [-0.05, 0) is 52.3 Å². The average molecular weight is 389 g/mol. The molecule has 0 radical (unpaired) electrons. The minimum atomic E-state index is -0.470. The summed E-state index contributed by atoms with van der Waals surface area (Å²) in [6.07, 6.45) is 0. The lowest BCUT2D eigenvalue weighted by Gasteiger charge is -2.17. The third-order valence-electron chi connectivity index (χ3n) is 3.52. The Morgan fingerprint density at radius 1 is 1.21 bits per heavy atom. The van der Waals surface area contributed by atoms with Crippen molar-refractivity contribution in [2.24, 2.45) is 5.41 Å². The molecule has 1 amide bonds. The van der Waals surface area contributed by atoms with Crippen LogP contribution in [-0.4, -0.2) is 16.0 Å². The predicted octanol–water partition coefficient (Wildman–Crippen LogP) is 4.95. The first-order valence-electron chi connectivity index (χ1n) is 7.45. The topological polar surface area (TPSA) is 75.4 Å². The van der Waals surface area contributed by atoms with E-state index in [-0.39, 0.29) is 11.7 Å². The fourth-order valence-corrected chi connectivity index (χ4v) is 2.47. The second-order valence-electron chi connectivity index (χ2n) is 6.57. The highest BCUT2D eigenvalue weighted by Crippen LogP contribution is 2.31. The number of aromatic hydroxyl groups is 1. The standard InChI is InChI=1S/C18H17BrN2O3/c1-18(2,3)17(23)20-11-5-7-15-13(9-11)21-16(24-15)10-4-6-14(22)12(19)8-10/h4-9,22H,1-3H3,(H,20,23). The van der Waals surface area contributed by atoms with Crippen LogP contribution in [0.3, 0.4) is 0 Å². The van der Waals surface area contributed by atoms with Crippen LogP contribution in [0.15, 0.2) is 45.3 Å². The number of anilines is 1. The van der Waals surface area contributed by atoms with E-state index in [1.54, 1.807) is 36.4 Å². The van der Waals surface area contributed by atoms with Crippen molar-refractivity contribution in [1.29, 1.82) is 0 Å². The molecule has 5 nitrogen and oxygen atoms in total. The number of carbonyl (C=O) groups is 1. The number of phenolic OH excluding ortho intramolecular Hbond substituents is 1. The number of fused-ring (bicyclic) bond motifs is 1. The van der Waals surface area contributed by atoms with Crippen molar-refractivity contribution in [2.75, 3.05) is 5.32 Å². The largest absolute Gasteiger partial charge is 0.507 e. The van der Waals surface area contributed by atoms with Gasteiger partial charge in [-0.3, -0.25) is 4.79 Å². The minimum Gasteiger partial charge on any atom is -0.507 e. The van der Waals surface area contributed by atoms with Crippen molar-refractivity contribution in [3.63, 3.8) is 0 Å². The van der Waals surface area contributed by atoms with E-state index in [2.05, 4.69) is 26.2 Å². The maximum Gasteiger partial charge on any atom is 0.229 e. The van der Waals surface area contributed by atoms with E-state index in [9.17, 15) is 9.90 Å². The van der Waals surface area contributed by atoms with Crippen LogP contribution in [0.1, 0.15) is 20.8 Å². The highest BCUT2D eigenvalue weighted by atomic mass is 79.9. The molecule has 124 valence electrons. The number of nitrogens with zero attached hydrogens (tertiary/aromatic N) is 1. The predicted molar refractivity (Wildman–Crippen MR) is 96.9 cm³/mol. The van der Waals surface area contributed by atoms with E-state index < -0.39 is 5.41 Å². The van der Waals surface area contributed by atoms with Gasteiger partial charge < -0.3 is 14.8 Å². The Morgan fingerprint density at radius 3 is 2.62 bits per heavy atom. The Labute approximate surface area is 147 Å². The molecule has 3 aromatic rings. The number of aromatic nitrogens is 1. The SMILES string of the molecule is CC(C)(C)C(=O)Nc1ccc2oc(-c3ccc(O)c(Br)c3)nc2c1. The zero-order valence-corrected chi connectivity index (χ0v) is 15.1. The molecule has 3 rings (SSSR count). The number of halogens is 1. The van der Waals surface area contributed by atoms with Gasteiger partial charge in [0.1, 0.15) is 11.3 Å². The van der Waals surface area contributed by atoms with Gasteiger partial charge in [0.15, 0.2) is 5.58 Å². The van der Waals surface area contributed by atoms with Crippen LogP contribution in [-0.2, 0) is 4.79 Å². The Morgan fingerprint density at radius 2 is 1.96 bits per heavy atom. The van der Waals surface area contributed by atoms with E-state index in [1.807, 2.05) is 20.8 Å². The molecule has 0 atom stereocenters. The first-order chi connectivity index (χ1) is 11.2. The Balaban J connectivity index is 1.94. The molecule has 24 heavy (non-hydrogen) atoms. The number of hydrogen-bond acceptors (Lipinski definition) is 4. The molecule has 1 aromatic heterocycles. The molecule has 2 aromatic carbocycles. The molecular weight excluding hydrogens is 372 g/mol. The fourth-order valence-electron chi connectivity index (χ4n) is 2.09. The van der Waals surface area contributed by atoms with Crippen LogP contribution in [0.25, 0.3) is 22.6 Å².